The first kappa shape index (κ1) is 16.8. The highest BCUT2D eigenvalue weighted by Crippen LogP contribution is 2.23. The van der Waals surface area contributed by atoms with Gasteiger partial charge in [-0.1, -0.05) is 19.1 Å². The second-order valence-electron chi connectivity index (χ2n) is 5.31. The highest BCUT2D eigenvalue weighted by molar-refractivity contribution is 5.27. The summed E-state index contributed by atoms with van der Waals surface area (Å²) in [6.07, 6.45) is -4.67. The molecule has 0 atom stereocenters. The van der Waals surface area contributed by atoms with Crippen LogP contribution < -0.4 is 4.74 Å². The Morgan fingerprint density at radius 3 is 2.10 bits per heavy atom. The van der Waals surface area contributed by atoms with Crippen molar-refractivity contribution >= 4 is 0 Å². The Morgan fingerprint density at radius 1 is 1.15 bits per heavy atom. The second-order valence-corrected chi connectivity index (χ2v) is 5.31. The zero-order chi connectivity index (χ0) is 15.4. The summed E-state index contributed by atoms with van der Waals surface area (Å²) in [5, 5.41) is 9.78. The molecule has 0 bridgehead atoms. The maximum atomic E-state index is 12.0. The Labute approximate surface area is 117 Å². The predicted molar refractivity (Wildman–Crippen MR) is 70.4 cm³/mol. The van der Waals surface area contributed by atoms with Gasteiger partial charge in [0.15, 0.2) is 0 Å². The van der Waals surface area contributed by atoms with Gasteiger partial charge in [0.05, 0.1) is 5.60 Å². The van der Waals surface area contributed by atoms with Crippen LogP contribution in [0.25, 0.3) is 0 Å². The van der Waals surface area contributed by atoms with E-state index in [2.05, 4.69) is 4.74 Å². The molecule has 0 saturated carbocycles. The Kier molecular flexibility index (Phi) is 5.42. The molecule has 3 nitrogen and oxygen atoms in total. The number of rotatable bonds is 6. The Hall–Kier alpha value is -1.27. The summed E-state index contributed by atoms with van der Waals surface area (Å²) in [7, 11) is 0. The maximum Gasteiger partial charge on any atom is 0.573 e. The minimum absolute atomic E-state index is 0.230. The molecular formula is C14H20F3NO2. The monoisotopic (exact) mass is 291 g/mol. The first-order chi connectivity index (χ1) is 9.09. The van der Waals surface area contributed by atoms with Gasteiger partial charge in [-0.2, -0.15) is 0 Å². The lowest BCUT2D eigenvalue weighted by Crippen LogP contribution is -2.38. The highest BCUT2D eigenvalue weighted by Gasteiger charge is 2.30. The van der Waals surface area contributed by atoms with Crippen molar-refractivity contribution in [1.82, 2.24) is 4.90 Å². The normalized spacial score (nSPS) is 12.8. The van der Waals surface area contributed by atoms with Crippen LogP contribution in [-0.2, 0) is 6.54 Å². The van der Waals surface area contributed by atoms with Gasteiger partial charge in [0.25, 0.3) is 0 Å². The zero-order valence-corrected chi connectivity index (χ0v) is 11.9. The van der Waals surface area contributed by atoms with Crippen LogP contribution in [0.5, 0.6) is 5.75 Å². The molecule has 0 heterocycles. The van der Waals surface area contributed by atoms with Crippen LogP contribution in [0.2, 0.25) is 0 Å². The van der Waals surface area contributed by atoms with Gasteiger partial charge in [0, 0.05) is 13.1 Å². The van der Waals surface area contributed by atoms with Crippen molar-refractivity contribution in [2.45, 2.75) is 39.3 Å². The molecule has 0 spiro atoms. The van der Waals surface area contributed by atoms with Gasteiger partial charge >= 0.3 is 6.36 Å². The quantitative estimate of drug-likeness (QED) is 0.874. The molecule has 1 aromatic rings. The van der Waals surface area contributed by atoms with Crippen LogP contribution >= 0.6 is 0 Å². The van der Waals surface area contributed by atoms with Crippen LogP contribution in [-0.4, -0.2) is 35.1 Å². The minimum atomic E-state index is -4.67. The predicted octanol–water partition coefficient (Wildman–Crippen LogP) is 3.18. The van der Waals surface area contributed by atoms with Crippen molar-refractivity contribution in [3.05, 3.63) is 29.8 Å². The van der Waals surface area contributed by atoms with E-state index in [9.17, 15) is 18.3 Å². The Balaban J connectivity index is 2.64. The van der Waals surface area contributed by atoms with Crippen LogP contribution in [0.1, 0.15) is 26.3 Å². The van der Waals surface area contributed by atoms with Crippen molar-refractivity contribution in [3.63, 3.8) is 0 Å². The third kappa shape index (κ3) is 6.77. The molecule has 0 unspecified atom stereocenters. The number of likely N-dealkylation sites (N-methyl/N-ethyl adjacent to an activating group) is 1. The lowest BCUT2D eigenvalue weighted by molar-refractivity contribution is -0.274. The number of halogens is 3. The smallest absolute Gasteiger partial charge is 0.406 e. The molecule has 0 aliphatic heterocycles. The number of ether oxygens (including phenoxy) is 1. The fourth-order valence-corrected chi connectivity index (χ4v) is 1.88. The summed E-state index contributed by atoms with van der Waals surface area (Å²) in [5.41, 5.74) is 0.0561. The topological polar surface area (TPSA) is 32.7 Å². The van der Waals surface area contributed by atoms with Crippen molar-refractivity contribution < 1.29 is 23.0 Å². The molecule has 0 aromatic heterocycles. The fourth-order valence-electron chi connectivity index (χ4n) is 1.88. The van der Waals surface area contributed by atoms with Crippen molar-refractivity contribution in [1.29, 1.82) is 0 Å². The summed E-state index contributed by atoms with van der Waals surface area (Å²) in [6, 6.07) is 5.77. The van der Waals surface area contributed by atoms with Crippen molar-refractivity contribution in [3.8, 4) is 5.75 Å². The number of alkyl halides is 3. The second kappa shape index (κ2) is 6.45. The largest absolute Gasteiger partial charge is 0.573 e. The molecule has 0 aliphatic rings. The number of benzene rings is 1. The number of nitrogens with zero attached hydrogens (tertiary/aromatic N) is 1. The minimum Gasteiger partial charge on any atom is -0.406 e. The van der Waals surface area contributed by atoms with Gasteiger partial charge in [0.2, 0.25) is 0 Å². The van der Waals surface area contributed by atoms with Gasteiger partial charge < -0.3 is 9.84 Å². The Bertz CT molecular complexity index is 410. The summed E-state index contributed by atoms with van der Waals surface area (Å²) >= 11 is 0. The third-order valence-corrected chi connectivity index (χ3v) is 2.62. The zero-order valence-electron chi connectivity index (χ0n) is 11.9. The number of hydrogen-bond acceptors (Lipinski definition) is 3. The Morgan fingerprint density at radius 2 is 1.70 bits per heavy atom. The number of hydrogen-bond donors (Lipinski definition) is 1. The number of aliphatic hydroxyl groups is 1. The van der Waals surface area contributed by atoms with E-state index in [1.807, 2.05) is 11.8 Å². The molecule has 1 aromatic carbocycles. The molecule has 6 heteroatoms. The molecule has 20 heavy (non-hydrogen) atoms. The lowest BCUT2D eigenvalue weighted by atomic mass is 10.1. The van der Waals surface area contributed by atoms with Gasteiger partial charge in [-0.3, -0.25) is 4.90 Å². The van der Waals surface area contributed by atoms with Crippen molar-refractivity contribution in [2.75, 3.05) is 13.1 Å². The SMILES string of the molecule is CCN(Cc1ccc(OC(F)(F)F)cc1)CC(C)(C)O. The van der Waals surface area contributed by atoms with Gasteiger partial charge in [0.1, 0.15) is 5.75 Å². The van der Waals surface area contributed by atoms with Gasteiger partial charge in [-0.25, -0.2) is 0 Å². The van der Waals surface area contributed by atoms with Crippen LogP contribution in [0.4, 0.5) is 13.2 Å². The molecule has 114 valence electrons. The van der Waals surface area contributed by atoms with E-state index in [1.165, 1.54) is 12.1 Å². The molecule has 1 N–H and O–H groups in total. The molecular weight excluding hydrogens is 271 g/mol. The van der Waals surface area contributed by atoms with E-state index >= 15 is 0 Å². The molecule has 0 radical (unpaired) electrons. The molecule has 1 rings (SSSR count). The van der Waals surface area contributed by atoms with Gasteiger partial charge in [-0.15, -0.1) is 13.2 Å². The van der Waals surface area contributed by atoms with Gasteiger partial charge in [-0.05, 0) is 38.1 Å². The molecule has 0 saturated heterocycles. The van der Waals surface area contributed by atoms with Crippen LogP contribution in [0.3, 0.4) is 0 Å². The van der Waals surface area contributed by atoms with Crippen LogP contribution in [0.15, 0.2) is 24.3 Å². The van der Waals surface area contributed by atoms with E-state index in [0.29, 0.717) is 13.1 Å². The van der Waals surface area contributed by atoms with E-state index in [4.69, 9.17) is 0 Å². The first-order valence-electron chi connectivity index (χ1n) is 6.38. The van der Waals surface area contributed by atoms with E-state index in [-0.39, 0.29) is 5.75 Å². The van der Waals surface area contributed by atoms with E-state index < -0.39 is 12.0 Å². The van der Waals surface area contributed by atoms with E-state index in [0.717, 1.165) is 12.1 Å². The average molecular weight is 291 g/mol. The fraction of sp³-hybridized carbons (Fsp3) is 0.571. The standard InChI is InChI=1S/C14H20F3NO2/c1-4-18(10-13(2,3)19)9-11-5-7-12(8-6-11)20-14(15,16)17/h5-8,19H,4,9-10H2,1-3H3. The average Bonchev–Trinajstić information content (AvgIpc) is 2.27. The van der Waals surface area contributed by atoms with Crippen molar-refractivity contribution in [2.24, 2.45) is 0 Å². The van der Waals surface area contributed by atoms with Crippen LogP contribution in [0, 0.1) is 0 Å². The maximum absolute atomic E-state index is 12.0. The summed E-state index contributed by atoms with van der Waals surface area (Å²) in [4.78, 5) is 2.01. The van der Waals surface area contributed by atoms with E-state index in [1.54, 1.807) is 26.0 Å². The molecule has 0 aliphatic carbocycles. The molecule has 0 fully saturated rings. The highest BCUT2D eigenvalue weighted by atomic mass is 19.4. The molecule has 0 amide bonds. The first-order valence-corrected chi connectivity index (χ1v) is 6.38. The third-order valence-electron chi connectivity index (χ3n) is 2.62. The summed E-state index contributed by atoms with van der Waals surface area (Å²) in [5.74, 6) is -0.230. The lowest BCUT2D eigenvalue weighted by Gasteiger charge is -2.28. The summed E-state index contributed by atoms with van der Waals surface area (Å²) in [6.45, 7) is 7.20. The summed E-state index contributed by atoms with van der Waals surface area (Å²) < 4.78 is 39.9.